The van der Waals surface area contributed by atoms with Gasteiger partial charge in [-0.1, -0.05) is 24.3 Å². The number of rotatable bonds is 7. The first-order valence-electron chi connectivity index (χ1n) is 8.19. The Morgan fingerprint density at radius 2 is 1.67 bits per heavy atom. The van der Waals surface area contributed by atoms with Crippen LogP contribution in [0.5, 0.6) is 0 Å². The van der Waals surface area contributed by atoms with Crippen molar-refractivity contribution in [3.8, 4) is 0 Å². The summed E-state index contributed by atoms with van der Waals surface area (Å²) in [7, 11) is 0. The average molecular weight is 384 g/mol. The molecule has 6 nitrogen and oxygen atoms in total. The number of furan rings is 1. The van der Waals surface area contributed by atoms with Crippen LogP contribution in [0.1, 0.15) is 48.6 Å². The molecule has 0 aliphatic carbocycles. The van der Waals surface area contributed by atoms with Crippen molar-refractivity contribution in [2.45, 2.75) is 13.5 Å². The number of benzene rings is 1. The monoisotopic (exact) mass is 384 g/mol. The van der Waals surface area contributed by atoms with Gasteiger partial charge in [0.15, 0.2) is 12.4 Å². The van der Waals surface area contributed by atoms with Crippen molar-refractivity contribution in [1.29, 1.82) is 0 Å². The van der Waals surface area contributed by atoms with Gasteiger partial charge in [0.1, 0.15) is 5.56 Å². The minimum Gasteiger partial charge on any atom is -0.465 e. The van der Waals surface area contributed by atoms with E-state index in [1.54, 1.807) is 42.6 Å². The van der Waals surface area contributed by atoms with Crippen LogP contribution in [0, 0.1) is 0 Å². The summed E-state index contributed by atoms with van der Waals surface area (Å²) in [5.74, 6) is -1.29. The first kappa shape index (κ1) is 18.6. The standard InChI is InChI=1S/C20H16O6S/c1-2-24-20(23)15-9-10-25-16(15)12-26-19(22)14-7-4-3-6-13(14)18(21)17-8-5-11-27-17/h3-11H,2,12H2,1H3. The number of ether oxygens (including phenoxy) is 2. The molecule has 0 atom stereocenters. The molecule has 1 aromatic carbocycles. The van der Waals surface area contributed by atoms with Crippen LogP contribution in [0.15, 0.2) is 58.5 Å². The van der Waals surface area contributed by atoms with Crippen LogP contribution in [0.25, 0.3) is 0 Å². The zero-order chi connectivity index (χ0) is 19.2. The summed E-state index contributed by atoms with van der Waals surface area (Å²) in [6.07, 6.45) is 1.32. The molecular weight excluding hydrogens is 368 g/mol. The van der Waals surface area contributed by atoms with Crippen LogP contribution in [0.3, 0.4) is 0 Å². The number of hydrogen-bond acceptors (Lipinski definition) is 7. The Morgan fingerprint density at radius 3 is 2.37 bits per heavy atom. The van der Waals surface area contributed by atoms with E-state index in [2.05, 4.69) is 0 Å². The first-order valence-corrected chi connectivity index (χ1v) is 9.07. The quantitative estimate of drug-likeness (QED) is 0.450. The highest BCUT2D eigenvalue weighted by atomic mass is 32.1. The van der Waals surface area contributed by atoms with Crippen LogP contribution in [-0.4, -0.2) is 24.3 Å². The Hall–Kier alpha value is -3.19. The number of thiophene rings is 1. The summed E-state index contributed by atoms with van der Waals surface area (Å²) < 4.78 is 15.4. The molecule has 0 N–H and O–H groups in total. The van der Waals surface area contributed by atoms with Crippen molar-refractivity contribution < 1.29 is 28.3 Å². The zero-order valence-corrected chi connectivity index (χ0v) is 15.3. The molecule has 0 saturated carbocycles. The van der Waals surface area contributed by atoms with Crippen molar-refractivity contribution in [3.05, 3.63) is 81.4 Å². The highest BCUT2D eigenvalue weighted by Crippen LogP contribution is 2.20. The second-order valence-electron chi connectivity index (χ2n) is 5.41. The van der Waals surface area contributed by atoms with Gasteiger partial charge in [-0.05, 0) is 30.5 Å². The predicted octanol–water partition coefficient (Wildman–Crippen LogP) is 4.11. The Morgan fingerprint density at radius 1 is 0.926 bits per heavy atom. The third-order valence-electron chi connectivity index (χ3n) is 3.71. The van der Waals surface area contributed by atoms with Gasteiger partial charge in [-0.15, -0.1) is 11.3 Å². The van der Waals surface area contributed by atoms with Gasteiger partial charge >= 0.3 is 11.9 Å². The molecule has 2 heterocycles. The fraction of sp³-hybridized carbons (Fsp3) is 0.150. The van der Waals surface area contributed by atoms with E-state index >= 15 is 0 Å². The van der Waals surface area contributed by atoms with E-state index in [-0.39, 0.29) is 41.4 Å². The summed E-state index contributed by atoms with van der Waals surface area (Å²) in [6.45, 7) is 1.67. The Labute approximate surface area is 159 Å². The summed E-state index contributed by atoms with van der Waals surface area (Å²) in [5, 5.41) is 1.79. The van der Waals surface area contributed by atoms with Crippen molar-refractivity contribution in [2.75, 3.05) is 6.61 Å². The van der Waals surface area contributed by atoms with Crippen molar-refractivity contribution in [3.63, 3.8) is 0 Å². The lowest BCUT2D eigenvalue weighted by atomic mass is 10.0. The van der Waals surface area contributed by atoms with Gasteiger partial charge in [-0.2, -0.15) is 0 Å². The van der Waals surface area contributed by atoms with Gasteiger partial charge in [0.2, 0.25) is 5.78 Å². The van der Waals surface area contributed by atoms with Crippen LogP contribution in [-0.2, 0) is 16.1 Å². The SMILES string of the molecule is CCOC(=O)c1ccoc1COC(=O)c1ccccc1C(=O)c1cccs1. The number of ketones is 1. The number of esters is 2. The Bertz CT molecular complexity index is 955. The summed E-state index contributed by atoms with van der Waals surface area (Å²) >= 11 is 1.30. The first-order chi connectivity index (χ1) is 13.1. The molecule has 0 aliphatic heterocycles. The van der Waals surface area contributed by atoms with Crippen LogP contribution in [0.4, 0.5) is 0 Å². The molecular formula is C20H16O6S. The Kier molecular flexibility index (Phi) is 5.83. The van der Waals surface area contributed by atoms with Crippen LogP contribution >= 0.6 is 11.3 Å². The van der Waals surface area contributed by atoms with Gasteiger partial charge in [0.05, 0.1) is 23.3 Å². The van der Waals surface area contributed by atoms with Gasteiger partial charge in [-0.3, -0.25) is 4.79 Å². The highest BCUT2D eigenvalue weighted by Gasteiger charge is 2.22. The lowest BCUT2D eigenvalue weighted by Gasteiger charge is -2.08. The molecule has 7 heteroatoms. The smallest absolute Gasteiger partial charge is 0.341 e. The maximum absolute atomic E-state index is 12.6. The van der Waals surface area contributed by atoms with E-state index in [4.69, 9.17) is 13.9 Å². The van der Waals surface area contributed by atoms with E-state index in [9.17, 15) is 14.4 Å². The summed E-state index contributed by atoms with van der Waals surface area (Å²) in [4.78, 5) is 37.5. The van der Waals surface area contributed by atoms with E-state index in [1.807, 2.05) is 0 Å². The third-order valence-corrected chi connectivity index (χ3v) is 4.58. The van der Waals surface area contributed by atoms with Crippen molar-refractivity contribution >= 4 is 29.1 Å². The summed E-state index contributed by atoms with van der Waals surface area (Å²) in [6, 6.07) is 11.4. The average Bonchev–Trinajstić information content (AvgIpc) is 3.37. The predicted molar refractivity (Wildman–Crippen MR) is 98.0 cm³/mol. The normalized spacial score (nSPS) is 10.4. The second kappa shape index (κ2) is 8.46. The van der Waals surface area contributed by atoms with Gasteiger partial charge < -0.3 is 13.9 Å². The summed E-state index contributed by atoms with van der Waals surface area (Å²) in [5.41, 5.74) is 0.614. The topological polar surface area (TPSA) is 82.8 Å². The van der Waals surface area contributed by atoms with Crippen LogP contribution in [0.2, 0.25) is 0 Å². The number of hydrogen-bond donors (Lipinski definition) is 0. The molecule has 138 valence electrons. The molecule has 0 saturated heterocycles. The largest absolute Gasteiger partial charge is 0.465 e. The minimum absolute atomic E-state index is 0.153. The van der Waals surface area contributed by atoms with Gasteiger partial charge in [0.25, 0.3) is 0 Å². The van der Waals surface area contributed by atoms with Gasteiger partial charge in [-0.25, -0.2) is 9.59 Å². The molecule has 0 radical (unpaired) electrons. The lowest BCUT2D eigenvalue weighted by molar-refractivity contribution is 0.0421. The van der Waals surface area contributed by atoms with E-state index in [1.165, 1.54) is 29.7 Å². The molecule has 0 spiro atoms. The van der Waals surface area contributed by atoms with E-state index in [0.29, 0.717) is 4.88 Å². The lowest BCUT2D eigenvalue weighted by Crippen LogP contribution is -2.13. The molecule has 0 fully saturated rings. The molecule has 3 aromatic rings. The van der Waals surface area contributed by atoms with Gasteiger partial charge in [0, 0.05) is 5.56 Å². The fourth-order valence-corrected chi connectivity index (χ4v) is 3.13. The maximum Gasteiger partial charge on any atom is 0.341 e. The van der Waals surface area contributed by atoms with Crippen LogP contribution < -0.4 is 0 Å². The van der Waals surface area contributed by atoms with Crippen molar-refractivity contribution in [2.24, 2.45) is 0 Å². The maximum atomic E-state index is 12.6. The minimum atomic E-state index is -0.679. The second-order valence-corrected chi connectivity index (χ2v) is 6.35. The highest BCUT2D eigenvalue weighted by molar-refractivity contribution is 7.12. The molecule has 2 aromatic heterocycles. The molecule has 3 rings (SSSR count). The molecule has 0 unspecified atom stereocenters. The van der Waals surface area contributed by atoms with Crippen molar-refractivity contribution in [1.82, 2.24) is 0 Å². The molecule has 0 aliphatic rings. The van der Waals surface area contributed by atoms with E-state index < -0.39 is 11.9 Å². The molecule has 27 heavy (non-hydrogen) atoms. The Balaban J connectivity index is 1.76. The molecule has 0 amide bonds. The van der Waals surface area contributed by atoms with E-state index in [0.717, 1.165) is 0 Å². The zero-order valence-electron chi connectivity index (χ0n) is 14.5. The molecule has 0 bridgehead atoms. The fourth-order valence-electron chi connectivity index (χ4n) is 2.45. The number of carbonyl (C=O) groups excluding carboxylic acids is 3. The third kappa shape index (κ3) is 4.15. The number of carbonyl (C=O) groups is 3.